The molecule has 0 amide bonds. The number of carbonyl (C=O) groups is 1. The van der Waals surface area contributed by atoms with Gasteiger partial charge in [-0.1, -0.05) is 11.6 Å². The van der Waals surface area contributed by atoms with Crippen LogP contribution in [0, 0.1) is 6.92 Å². The standard InChI is InChI=1S/C13H10ClNO3/c1-8-6-10(4-5-15-8)18-12-3-2-9(14)7-11(12)13(16)17/h2-7H,1H3,(H,16,17). The number of nitrogens with zero attached hydrogens (tertiary/aromatic N) is 1. The lowest BCUT2D eigenvalue weighted by Crippen LogP contribution is -2.00. The zero-order valence-electron chi connectivity index (χ0n) is 9.55. The van der Waals surface area contributed by atoms with Gasteiger partial charge in [0.25, 0.3) is 0 Å². The summed E-state index contributed by atoms with van der Waals surface area (Å²) in [5.74, 6) is -0.303. The predicted molar refractivity (Wildman–Crippen MR) is 67.5 cm³/mol. The second-order valence-electron chi connectivity index (χ2n) is 3.68. The summed E-state index contributed by atoms with van der Waals surface area (Å²) in [5.41, 5.74) is 0.815. The average Bonchev–Trinajstić information content (AvgIpc) is 2.31. The molecule has 1 aromatic heterocycles. The molecule has 0 aliphatic carbocycles. The molecule has 5 heteroatoms. The second-order valence-corrected chi connectivity index (χ2v) is 4.12. The maximum absolute atomic E-state index is 11.1. The van der Waals surface area contributed by atoms with Gasteiger partial charge in [-0.2, -0.15) is 0 Å². The first-order valence-corrected chi connectivity index (χ1v) is 5.57. The lowest BCUT2D eigenvalue weighted by atomic mass is 10.2. The number of ether oxygens (including phenoxy) is 1. The number of pyridine rings is 1. The van der Waals surface area contributed by atoms with Crippen LogP contribution >= 0.6 is 11.6 Å². The van der Waals surface area contributed by atoms with Gasteiger partial charge in [-0.05, 0) is 31.2 Å². The maximum Gasteiger partial charge on any atom is 0.339 e. The molecule has 0 atom stereocenters. The zero-order valence-corrected chi connectivity index (χ0v) is 10.3. The third kappa shape index (κ3) is 2.78. The fraction of sp³-hybridized carbons (Fsp3) is 0.0769. The first-order valence-electron chi connectivity index (χ1n) is 5.19. The highest BCUT2D eigenvalue weighted by Crippen LogP contribution is 2.27. The van der Waals surface area contributed by atoms with Crippen LogP contribution in [0.3, 0.4) is 0 Å². The second kappa shape index (κ2) is 5.06. The van der Waals surface area contributed by atoms with Gasteiger partial charge < -0.3 is 9.84 Å². The molecule has 1 N–H and O–H groups in total. The van der Waals surface area contributed by atoms with Crippen molar-refractivity contribution < 1.29 is 14.6 Å². The van der Waals surface area contributed by atoms with E-state index in [4.69, 9.17) is 21.4 Å². The van der Waals surface area contributed by atoms with Gasteiger partial charge in [-0.3, -0.25) is 4.98 Å². The van der Waals surface area contributed by atoms with E-state index in [-0.39, 0.29) is 11.3 Å². The molecule has 0 aliphatic rings. The number of halogens is 1. The molecular weight excluding hydrogens is 254 g/mol. The summed E-state index contributed by atoms with van der Waals surface area (Å²) in [7, 11) is 0. The molecule has 0 aliphatic heterocycles. The number of aryl methyl sites for hydroxylation is 1. The topological polar surface area (TPSA) is 59.4 Å². The van der Waals surface area contributed by atoms with Crippen LogP contribution in [-0.4, -0.2) is 16.1 Å². The van der Waals surface area contributed by atoms with Crippen molar-refractivity contribution in [2.24, 2.45) is 0 Å². The van der Waals surface area contributed by atoms with Crippen LogP contribution in [0.4, 0.5) is 0 Å². The Labute approximate surface area is 109 Å². The molecule has 0 saturated carbocycles. The highest BCUT2D eigenvalue weighted by atomic mass is 35.5. The molecule has 1 heterocycles. The van der Waals surface area contributed by atoms with Gasteiger partial charge in [0.2, 0.25) is 0 Å². The highest BCUT2D eigenvalue weighted by Gasteiger charge is 2.12. The number of rotatable bonds is 3. The molecule has 0 fully saturated rings. The van der Waals surface area contributed by atoms with Crippen molar-refractivity contribution in [3.05, 3.63) is 52.8 Å². The van der Waals surface area contributed by atoms with E-state index in [2.05, 4.69) is 4.98 Å². The van der Waals surface area contributed by atoms with Crippen LogP contribution in [0.1, 0.15) is 16.1 Å². The van der Waals surface area contributed by atoms with Gasteiger partial charge in [0.15, 0.2) is 0 Å². The Hall–Kier alpha value is -2.07. The SMILES string of the molecule is Cc1cc(Oc2ccc(Cl)cc2C(=O)O)ccn1. The number of carboxylic acid groups (broad SMARTS) is 1. The van der Waals surface area contributed by atoms with Crippen LogP contribution in [0.15, 0.2) is 36.5 Å². The van der Waals surface area contributed by atoms with E-state index >= 15 is 0 Å². The Bertz CT molecular complexity index is 599. The van der Waals surface area contributed by atoms with Gasteiger partial charge in [0.05, 0.1) is 0 Å². The summed E-state index contributed by atoms with van der Waals surface area (Å²) >= 11 is 5.76. The summed E-state index contributed by atoms with van der Waals surface area (Å²) in [6, 6.07) is 7.85. The number of benzene rings is 1. The zero-order chi connectivity index (χ0) is 13.1. The van der Waals surface area contributed by atoms with E-state index in [0.717, 1.165) is 5.69 Å². The lowest BCUT2D eigenvalue weighted by molar-refractivity contribution is 0.0694. The number of hydrogen-bond acceptors (Lipinski definition) is 3. The van der Waals surface area contributed by atoms with Crippen molar-refractivity contribution in [1.29, 1.82) is 0 Å². The Morgan fingerprint density at radius 3 is 2.78 bits per heavy atom. The van der Waals surface area contributed by atoms with Crippen molar-refractivity contribution in [3.63, 3.8) is 0 Å². The molecule has 0 spiro atoms. The normalized spacial score (nSPS) is 10.1. The number of carboxylic acids is 1. The molecule has 18 heavy (non-hydrogen) atoms. The molecule has 0 bridgehead atoms. The van der Waals surface area contributed by atoms with E-state index in [9.17, 15) is 4.79 Å². The van der Waals surface area contributed by atoms with Crippen molar-refractivity contribution in [1.82, 2.24) is 4.98 Å². The van der Waals surface area contributed by atoms with Gasteiger partial charge in [0, 0.05) is 23.0 Å². The minimum atomic E-state index is -1.08. The van der Waals surface area contributed by atoms with Gasteiger partial charge in [0.1, 0.15) is 17.1 Å². The van der Waals surface area contributed by atoms with Crippen molar-refractivity contribution in [2.75, 3.05) is 0 Å². The van der Waals surface area contributed by atoms with E-state index in [0.29, 0.717) is 10.8 Å². The van der Waals surface area contributed by atoms with Crippen LogP contribution < -0.4 is 4.74 Å². The first kappa shape index (κ1) is 12.4. The first-order chi connectivity index (χ1) is 8.56. The van der Waals surface area contributed by atoms with Crippen LogP contribution in [0.5, 0.6) is 11.5 Å². The smallest absolute Gasteiger partial charge is 0.339 e. The fourth-order valence-corrected chi connectivity index (χ4v) is 1.64. The monoisotopic (exact) mass is 263 g/mol. The molecule has 1 aromatic carbocycles. The summed E-state index contributed by atoms with van der Waals surface area (Å²) in [6.45, 7) is 1.83. The Kier molecular flexibility index (Phi) is 3.48. The molecule has 4 nitrogen and oxygen atoms in total. The number of hydrogen-bond donors (Lipinski definition) is 1. The van der Waals surface area contributed by atoms with E-state index in [1.54, 1.807) is 24.4 Å². The lowest BCUT2D eigenvalue weighted by Gasteiger charge is -2.09. The third-order valence-electron chi connectivity index (χ3n) is 2.27. The predicted octanol–water partition coefficient (Wildman–Crippen LogP) is 3.53. The van der Waals surface area contributed by atoms with E-state index < -0.39 is 5.97 Å². The average molecular weight is 264 g/mol. The molecule has 0 unspecified atom stereocenters. The minimum Gasteiger partial charge on any atom is -0.478 e. The minimum absolute atomic E-state index is 0.0250. The van der Waals surface area contributed by atoms with E-state index in [1.165, 1.54) is 12.1 Å². The molecule has 2 aromatic rings. The molecular formula is C13H10ClNO3. The van der Waals surface area contributed by atoms with Crippen molar-refractivity contribution in [3.8, 4) is 11.5 Å². The van der Waals surface area contributed by atoms with Crippen LogP contribution in [0.2, 0.25) is 5.02 Å². The third-order valence-corrected chi connectivity index (χ3v) is 2.50. The van der Waals surface area contributed by atoms with Crippen molar-refractivity contribution in [2.45, 2.75) is 6.92 Å². The summed E-state index contributed by atoms with van der Waals surface area (Å²) in [5, 5.41) is 9.42. The number of aromatic nitrogens is 1. The molecule has 92 valence electrons. The summed E-state index contributed by atoms with van der Waals surface area (Å²) in [6.07, 6.45) is 1.60. The summed E-state index contributed by atoms with van der Waals surface area (Å²) < 4.78 is 5.53. The van der Waals surface area contributed by atoms with Gasteiger partial charge in [-0.15, -0.1) is 0 Å². The van der Waals surface area contributed by atoms with Gasteiger partial charge in [-0.25, -0.2) is 4.79 Å². The molecule has 2 rings (SSSR count). The Balaban J connectivity index is 2.37. The Morgan fingerprint density at radius 1 is 1.33 bits per heavy atom. The fourth-order valence-electron chi connectivity index (χ4n) is 1.47. The van der Waals surface area contributed by atoms with Crippen LogP contribution in [-0.2, 0) is 0 Å². The van der Waals surface area contributed by atoms with Crippen LogP contribution in [0.25, 0.3) is 0 Å². The van der Waals surface area contributed by atoms with Gasteiger partial charge >= 0.3 is 5.97 Å². The highest BCUT2D eigenvalue weighted by molar-refractivity contribution is 6.31. The maximum atomic E-state index is 11.1. The van der Waals surface area contributed by atoms with Crippen molar-refractivity contribution >= 4 is 17.6 Å². The van der Waals surface area contributed by atoms with E-state index in [1.807, 2.05) is 6.92 Å². The summed E-state index contributed by atoms with van der Waals surface area (Å²) in [4.78, 5) is 15.1. The molecule has 0 radical (unpaired) electrons. The largest absolute Gasteiger partial charge is 0.478 e. The quantitative estimate of drug-likeness (QED) is 0.920. The Morgan fingerprint density at radius 2 is 2.11 bits per heavy atom. The number of aromatic carboxylic acids is 1. The molecule has 0 saturated heterocycles.